The number of nitrogens with zero attached hydrogens (tertiary/aromatic N) is 1. The number of methoxy groups -OCH3 is 1. The fourth-order valence-electron chi connectivity index (χ4n) is 0.956. The van der Waals surface area contributed by atoms with Gasteiger partial charge in [0.15, 0.2) is 5.69 Å². The first-order chi connectivity index (χ1) is 6.77. The van der Waals surface area contributed by atoms with Crippen LogP contribution < -0.4 is 0 Å². The lowest BCUT2D eigenvalue weighted by atomic mass is 10.1. The summed E-state index contributed by atoms with van der Waals surface area (Å²) in [7, 11) is 1.31. The average molecular weight is 187 g/mol. The molecule has 0 unspecified atom stereocenters. The number of rotatable bonds is 2. The van der Waals surface area contributed by atoms with E-state index >= 15 is 0 Å². The van der Waals surface area contributed by atoms with Gasteiger partial charge in [-0.2, -0.15) is 0 Å². The molecule has 1 aromatic carbocycles. The Labute approximate surface area is 82.4 Å². The number of para-hydroxylation sites is 1. The van der Waals surface area contributed by atoms with Gasteiger partial charge >= 0.3 is 5.97 Å². The smallest absolute Gasteiger partial charge is 0.330 e. The van der Waals surface area contributed by atoms with E-state index in [1.807, 2.05) is 6.07 Å². The molecule has 0 saturated carbocycles. The molecule has 0 saturated heterocycles. The van der Waals surface area contributed by atoms with Crippen molar-refractivity contribution in [3.63, 3.8) is 0 Å². The second kappa shape index (κ2) is 4.83. The van der Waals surface area contributed by atoms with Gasteiger partial charge in [0.2, 0.25) is 0 Å². The van der Waals surface area contributed by atoms with Gasteiger partial charge in [-0.15, -0.1) is 0 Å². The van der Waals surface area contributed by atoms with Crippen LogP contribution in [0.5, 0.6) is 0 Å². The molecule has 0 aliphatic heterocycles. The molecule has 0 spiro atoms. The first-order valence-corrected chi connectivity index (χ1v) is 4.00. The summed E-state index contributed by atoms with van der Waals surface area (Å²) in [6.45, 7) is 6.89. The molecule has 70 valence electrons. The number of benzene rings is 1. The molecular formula is C11H9NO2. The number of carbonyl (C=O) groups excluding carboxylic acids is 1. The van der Waals surface area contributed by atoms with Crippen molar-refractivity contribution in [1.29, 1.82) is 0 Å². The molecule has 14 heavy (non-hydrogen) atoms. The van der Waals surface area contributed by atoms with Crippen LogP contribution in [-0.4, -0.2) is 13.1 Å². The van der Waals surface area contributed by atoms with Gasteiger partial charge in [0, 0.05) is 6.08 Å². The second-order valence-corrected chi connectivity index (χ2v) is 2.53. The van der Waals surface area contributed by atoms with Crippen molar-refractivity contribution in [2.45, 2.75) is 0 Å². The van der Waals surface area contributed by atoms with Gasteiger partial charge in [-0.05, 0) is 5.56 Å². The van der Waals surface area contributed by atoms with Crippen molar-refractivity contribution in [2.75, 3.05) is 7.11 Å². The maximum Gasteiger partial charge on any atom is 0.330 e. The minimum absolute atomic E-state index is 0.426. The number of esters is 1. The van der Waals surface area contributed by atoms with Gasteiger partial charge in [0.25, 0.3) is 0 Å². The van der Waals surface area contributed by atoms with Crippen molar-refractivity contribution < 1.29 is 9.53 Å². The van der Waals surface area contributed by atoms with Gasteiger partial charge in [0.05, 0.1) is 13.7 Å². The largest absolute Gasteiger partial charge is 0.466 e. The summed E-state index contributed by atoms with van der Waals surface area (Å²) < 4.78 is 4.44. The summed E-state index contributed by atoms with van der Waals surface area (Å²) in [5, 5.41) is 0. The van der Waals surface area contributed by atoms with Crippen molar-refractivity contribution in [3.05, 3.63) is 47.3 Å². The highest BCUT2D eigenvalue weighted by atomic mass is 16.5. The first-order valence-electron chi connectivity index (χ1n) is 4.00. The molecule has 3 heteroatoms. The third-order valence-electron chi connectivity index (χ3n) is 1.66. The molecular weight excluding hydrogens is 178 g/mol. The maximum absolute atomic E-state index is 10.8. The number of ether oxygens (including phenoxy) is 1. The highest BCUT2D eigenvalue weighted by molar-refractivity contribution is 5.88. The van der Waals surface area contributed by atoms with E-state index in [2.05, 4.69) is 9.58 Å². The van der Waals surface area contributed by atoms with E-state index in [4.69, 9.17) is 6.57 Å². The number of hydrogen-bond donors (Lipinski definition) is 0. The van der Waals surface area contributed by atoms with Crippen LogP contribution in [0.3, 0.4) is 0 Å². The minimum Gasteiger partial charge on any atom is -0.466 e. The standard InChI is InChI=1S/C11H9NO2/c1-12-10-6-4-3-5-9(10)7-8-11(13)14-2/h3-8H,2H3. The molecule has 0 aliphatic rings. The predicted molar refractivity (Wildman–Crippen MR) is 53.8 cm³/mol. The monoisotopic (exact) mass is 187 g/mol. The maximum atomic E-state index is 10.8. The Balaban J connectivity index is 2.92. The third-order valence-corrected chi connectivity index (χ3v) is 1.66. The van der Waals surface area contributed by atoms with Crippen molar-refractivity contribution in [2.24, 2.45) is 0 Å². The van der Waals surface area contributed by atoms with E-state index < -0.39 is 5.97 Å². The Morgan fingerprint density at radius 2 is 2.21 bits per heavy atom. The fourth-order valence-corrected chi connectivity index (χ4v) is 0.956. The van der Waals surface area contributed by atoms with E-state index in [1.165, 1.54) is 13.2 Å². The van der Waals surface area contributed by atoms with Crippen LogP contribution >= 0.6 is 0 Å². The van der Waals surface area contributed by atoms with E-state index in [0.717, 1.165) is 0 Å². The zero-order valence-corrected chi connectivity index (χ0v) is 7.73. The SMILES string of the molecule is [C-]#[N+]c1ccccc1C=CC(=O)OC. The van der Waals surface area contributed by atoms with Crippen LogP contribution in [0, 0.1) is 6.57 Å². The van der Waals surface area contributed by atoms with Crippen LogP contribution in [0.2, 0.25) is 0 Å². The fraction of sp³-hybridized carbons (Fsp3) is 0.0909. The summed E-state index contributed by atoms with van der Waals surface area (Å²) in [4.78, 5) is 14.1. The zero-order chi connectivity index (χ0) is 10.4. The minimum atomic E-state index is -0.426. The molecule has 0 radical (unpaired) electrons. The molecule has 1 rings (SSSR count). The van der Waals surface area contributed by atoms with Crippen molar-refractivity contribution in [1.82, 2.24) is 0 Å². The summed E-state index contributed by atoms with van der Waals surface area (Å²) in [5.41, 5.74) is 1.24. The number of carbonyl (C=O) groups is 1. The lowest BCUT2D eigenvalue weighted by Gasteiger charge is -1.95. The van der Waals surface area contributed by atoms with E-state index in [1.54, 1.807) is 24.3 Å². The van der Waals surface area contributed by atoms with Crippen LogP contribution in [0.1, 0.15) is 5.56 Å². The van der Waals surface area contributed by atoms with Crippen molar-refractivity contribution >= 4 is 17.7 Å². The Morgan fingerprint density at radius 1 is 1.50 bits per heavy atom. The molecule has 0 fully saturated rings. The molecule has 0 amide bonds. The van der Waals surface area contributed by atoms with Crippen LogP contribution in [0.4, 0.5) is 5.69 Å². The van der Waals surface area contributed by atoms with Gasteiger partial charge < -0.3 is 4.74 Å². The van der Waals surface area contributed by atoms with E-state index in [0.29, 0.717) is 11.3 Å². The molecule has 0 N–H and O–H groups in total. The summed E-state index contributed by atoms with van der Waals surface area (Å²) in [5.74, 6) is -0.426. The van der Waals surface area contributed by atoms with Crippen LogP contribution in [0.25, 0.3) is 10.9 Å². The highest BCUT2D eigenvalue weighted by Crippen LogP contribution is 2.19. The highest BCUT2D eigenvalue weighted by Gasteiger charge is 1.97. The molecule has 1 aromatic rings. The van der Waals surface area contributed by atoms with Gasteiger partial charge in [-0.1, -0.05) is 30.3 Å². The lowest BCUT2D eigenvalue weighted by Crippen LogP contribution is -1.93. The second-order valence-electron chi connectivity index (χ2n) is 2.53. The Kier molecular flexibility index (Phi) is 3.45. The van der Waals surface area contributed by atoms with E-state index in [9.17, 15) is 4.79 Å². The van der Waals surface area contributed by atoms with E-state index in [-0.39, 0.29) is 0 Å². The summed E-state index contributed by atoms with van der Waals surface area (Å²) >= 11 is 0. The molecule has 0 bridgehead atoms. The summed E-state index contributed by atoms with van der Waals surface area (Å²) in [6, 6.07) is 7.06. The predicted octanol–water partition coefficient (Wildman–Crippen LogP) is 2.42. The Bertz CT molecular complexity index is 402. The van der Waals surface area contributed by atoms with Crippen molar-refractivity contribution in [3.8, 4) is 0 Å². The summed E-state index contributed by atoms with van der Waals surface area (Å²) in [6.07, 6.45) is 2.86. The molecule has 0 aromatic heterocycles. The zero-order valence-electron chi connectivity index (χ0n) is 7.73. The Hall–Kier alpha value is -2.08. The average Bonchev–Trinajstić information content (AvgIpc) is 2.26. The lowest BCUT2D eigenvalue weighted by molar-refractivity contribution is -0.134. The quantitative estimate of drug-likeness (QED) is 0.404. The van der Waals surface area contributed by atoms with Gasteiger partial charge in [-0.3, -0.25) is 0 Å². The molecule has 3 nitrogen and oxygen atoms in total. The first kappa shape index (κ1) is 10.0. The van der Waals surface area contributed by atoms with Crippen LogP contribution in [-0.2, 0) is 9.53 Å². The van der Waals surface area contributed by atoms with Gasteiger partial charge in [-0.25, -0.2) is 9.64 Å². The number of hydrogen-bond acceptors (Lipinski definition) is 2. The Morgan fingerprint density at radius 3 is 2.86 bits per heavy atom. The molecule has 0 heterocycles. The van der Waals surface area contributed by atoms with Crippen LogP contribution in [0.15, 0.2) is 30.3 Å². The van der Waals surface area contributed by atoms with Gasteiger partial charge in [0.1, 0.15) is 0 Å². The topological polar surface area (TPSA) is 30.7 Å². The molecule has 0 atom stereocenters. The molecule has 0 aliphatic carbocycles. The third kappa shape index (κ3) is 2.46. The normalized spacial score (nSPS) is 9.71.